The van der Waals surface area contributed by atoms with Gasteiger partial charge in [-0.25, -0.2) is 21.9 Å². The van der Waals surface area contributed by atoms with Gasteiger partial charge in [-0.05, 0) is 24.6 Å². The predicted octanol–water partition coefficient (Wildman–Crippen LogP) is 1.63. The van der Waals surface area contributed by atoms with Crippen LogP contribution in [0.25, 0.3) is 0 Å². The smallest absolute Gasteiger partial charge is 0.273 e. The minimum Gasteiger partial charge on any atom is -0.492 e. The Morgan fingerprint density at radius 2 is 2.21 bits per heavy atom. The van der Waals surface area contributed by atoms with Crippen LogP contribution in [-0.2, 0) is 14.8 Å². The van der Waals surface area contributed by atoms with Crippen molar-refractivity contribution < 1.29 is 26.7 Å². The van der Waals surface area contributed by atoms with Crippen molar-refractivity contribution in [3.63, 3.8) is 0 Å². The topological polar surface area (TPSA) is 90.7 Å². The van der Waals surface area contributed by atoms with E-state index in [0.29, 0.717) is 13.2 Å². The van der Waals surface area contributed by atoms with Crippen LogP contribution in [0.2, 0.25) is 5.02 Å². The summed E-state index contributed by atoms with van der Waals surface area (Å²) in [5, 5.41) is 0.150. The molecule has 1 aliphatic heterocycles. The first-order chi connectivity index (χ1) is 11.2. The van der Waals surface area contributed by atoms with Crippen LogP contribution in [-0.4, -0.2) is 47.3 Å². The van der Waals surface area contributed by atoms with Gasteiger partial charge in [-0.1, -0.05) is 11.6 Å². The third-order valence-electron chi connectivity index (χ3n) is 3.51. The van der Waals surface area contributed by atoms with Crippen LogP contribution < -0.4 is 15.2 Å². The summed E-state index contributed by atoms with van der Waals surface area (Å²) in [5.74, 6) is -3.13. The summed E-state index contributed by atoms with van der Waals surface area (Å²) in [6.07, 6.45) is 0.816. The Labute approximate surface area is 144 Å². The second kappa shape index (κ2) is 7.92. The molecule has 0 saturated carbocycles. The highest BCUT2D eigenvalue weighted by Crippen LogP contribution is 2.28. The summed E-state index contributed by atoms with van der Waals surface area (Å²) in [4.78, 5) is -0.290. The molecule has 24 heavy (non-hydrogen) atoms. The van der Waals surface area contributed by atoms with Crippen LogP contribution in [0.3, 0.4) is 0 Å². The molecule has 6 nitrogen and oxygen atoms in total. The number of benzene rings is 1. The summed E-state index contributed by atoms with van der Waals surface area (Å²) >= 11 is 5.83. The average molecular weight is 385 g/mol. The normalized spacial score (nSPS) is 18.8. The van der Waals surface area contributed by atoms with Crippen molar-refractivity contribution in [2.45, 2.75) is 17.2 Å². The molecule has 1 aromatic carbocycles. The van der Waals surface area contributed by atoms with E-state index >= 15 is 0 Å². The number of rotatable bonds is 8. The molecule has 0 aliphatic carbocycles. The molecule has 1 fully saturated rings. The minimum atomic E-state index is -4.23. The number of nitrogens with two attached hydrogens (primary N) is 1. The standard InChI is InChI=1S/C14H19ClF2N2O4S/c15-11-1-2-12(23-7-10-3-4-22-6-10)13(5-11)24(20,21)19-9-14(16,17)8-18/h1-2,5,10,19H,3-4,6-9,18H2. The molecule has 10 heteroatoms. The lowest BCUT2D eigenvalue weighted by Gasteiger charge is -2.17. The number of sulfonamides is 1. The molecule has 0 radical (unpaired) electrons. The highest BCUT2D eigenvalue weighted by molar-refractivity contribution is 7.89. The van der Waals surface area contributed by atoms with E-state index in [9.17, 15) is 17.2 Å². The summed E-state index contributed by atoms with van der Waals surface area (Å²) in [6, 6.07) is 4.02. The van der Waals surface area contributed by atoms with Gasteiger partial charge in [0.15, 0.2) is 0 Å². The molecule has 1 atom stereocenters. The minimum absolute atomic E-state index is 0.0508. The van der Waals surface area contributed by atoms with Gasteiger partial charge in [0.05, 0.1) is 26.3 Å². The van der Waals surface area contributed by atoms with Crippen molar-refractivity contribution >= 4 is 21.6 Å². The largest absolute Gasteiger partial charge is 0.492 e. The number of nitrogens with one attached hydrogen (secondary N) is 1. The van der Waals surface area contributed by atoms with Crippen LogP contribution in [0.4, 0.5) is 8.78 Å². The van der Waals surface area contributed by atoms with Crippen molar-refractivity contribution in [1.82, 2.24) is 4.72 Å². The lowest BCUT2D eigenvalue weighted by Crippen LogP contribution is -2.41. The first-order valence-electron chi connectivity index (χ1n) is 7.31. The number of hydrogen-bond acceptors (Lipinski definition) is 5. The Hall–Kier alpha value is -1.00. The van der Waals surface area contributed by atoms with Crippen molar-refractivity contribution in [2.24, 2.45) is 11.7 Å². The molecule has 0 spiro atoms. The molecular formula is C14H19ClF2N2O4S. The highest BCUT2D eigenvalue weighted by Gasteiger charge is 2.31. The molecule has 136 valence electrons. The van der Waals surface area contributed by atoms with E-state index < -0.39 is 29.0 Å². The summed E-state index contributed by atoms with van der Waals surface area (Å²) in [5.41, 5.74) is 4.90. The monoisotopic (exact) mass is 384 g/mol. The maximum Gasteiger partial charge on any atom is 0.273 e. The summed E-state index contributed by atoms with van der Waals surface area (Å²) < 4.78 is 63.7. The van der Waals surface area contributed by atoms with E-state index in [1.807, 2.05) is 4.72 Å². The highest BCUT2D eigenvalue weighted by atomic mass is 35.5. The van der Waals surface area contributed by atoms with Crippen molar-refractivity contribution in [3.05, 3.63) is 23.2 Å². The van der Waals surface area contributed by atoms with E-state index in [4.69, 9.17) is 26.8 Å². The molecule has 1 saturated heterocycles. The molecule has 0 aromatic heterocycles. The van der Waals surface area contributed by atoms with E-state index in [-0.39, 0.29) is 28.2 Å². The fraction of sp³-hybridized carbons (Fsp3) is 0.571. The predicted molar refractivity (Wildman–Crippen MR) is 85.1 cm³/mol. The van der Waals surface area contributed by atoms with E-state index in [0.717, 1.165) is 12.5 Å². The van der Waals surface area contributed by atoms with Crippen LogP contribution in [0.5, 0.6) is 5.75 Å². The van der Waals surface area contributed by atoms with Gasteiger partial charge < -0.3 is 15.2 Å². The zero-order valence-electron chi connectivity index (χ0n) is 12.8. The maximum absolute atomic E-state index is 13.2. The van der Waals surface area contributed by atoms with Gasteiger partial charge in [0.1, 0.15) is 10.6 Å². The molecule has 1 unspecified atom stereocenters. The van der Waals surface area contributed by atoms with Crippen LogP contribution in [0.15, 0.2) is 23.1 Å². The van der Waals surface area contributed by atoms with Gasteiger partial charge in [0, 0.05) is 17.5 Å². The second-order valence-electron chi connectivity index (χ2n) is 5.52. The molecule has 1 aliphatic rings. The van der Waals surface area contributed by atoms with Crippen LogP contribution >= 0.6 is 11.6 Å². The summed E-state index contributed by atoms with van der Waals surface area (Å²) in [6.45, 7) is -0.625. The SMILES string of the molecule is NCC(F)(F)CNS(=O)(=O)c1cc(Cl)ccc1OCC1CCOC1. The molecule has 0 bridgehead atoms. The maximum atomic E-state index is 13.2. The van der Waals surface area contributed by atoms with Crippen molar-refractivity contribution in [1.29, 1.82) is 0 Å². The van der Waals surface area contributed by atoms with Gasteiger partial charge in [-0.2, -0.15) is 0 Å². The van der Waals surface area contributed by atoms with Crippen molar-refractivity contribution in [2.75, 3.05) is 32.9 Å². The van der Waals surface area contributed by atoms with Gasteiger partial charge in [0.2, 0.25) is 10.0 Å². The Morgan fingerprint density at radius 3 is 2.83 bits per heavy atom. The van der Waals surface area contributed by atoms with E-state index in [1.165, 1.54) is 12.1 Å². The number of hydrogen-bond donors (Lipinski definition) is 2. The van der Waals surface area contributed by atoms with Crippen LogP contribution in [0.1, 0.15) is 6.42 Å². The van der Waals surface area contributed by atoms with Gasteiger partial charge in [-0.3, -0.25) is 0 Å². The Morgan fingerprint density at radius 1 is 1.46 bits per heavy atom. The zero-order valence-corrected chi connectivity index (χ0v) is 14.4. The van der Waals surface area contributed by atoms with Crippen molar-refractivity contribution in [3.8, 4) is 5.75 Å². The Kier molecular flexibility index (Phi) is 6.38. The fourth-order valence-corrected chi connectivity index (χ4v) is 3.55. The van der Waals surface area contributed by atoms with E-state index in [1.54, 1.807) is 0 Å². The lowest BCUT2D eigenvalue weighted by atomic mass is 10.1. The fourth-order valence-electron chi connectivity index (χ4n) is 2.08. The van der Waals surface area contributed by atoms with Gasteiger partial charge in [0.25, 0.3) is 5.92 Å². The van der Waals surface area contributed by atoms with Crippen LogP contribution in [0, 0.1) is 5.92 Å². The molecule has 1 aromatic rings. The number of halogens is 3. The third-order valence-corrected chi connectivity index (χ3v) is 5.17. The first-order valence-corrected chi connectivity index (χ1v) is 9.17. The second-order valence-corrected chi connectivity index (χ2v) is 7.69. The average Bonchev–Trinajstić information content (AvgIpc) is 3.05. The molecule has 0 amide bonds. The molecule has 2 rings (SSSR count). The molecule has 1 heterocycles. The Bertz CT molecular complexity index is 667. The third kappa shape index (κ3) is 5.25. The van der Waals surface area contributed by atoms with Gasteiger partial charge >= 0.3 is 0 Å². The quantitative estimate of drug-likeness (QED) is 0.711. The Balaban J connectivity index is 2.15. The molecular weight excluding hydrogens is 366 g/mol. The molecule has 3 N–H and O–H groups in total. The lowest BCUT2D eigenvalue weighted by molar-refractivity contribution is 0.0170. The first kappa shape index (κ1) is 19.3. The number of alkyl halides is 2. The summed E-state index contributed by atoms with van der Waals surface area (Å²) in [7, 11) is -4.23. The zero-order chi connectivity index (χ0) is 17.8. The van der Waals surface area contributed by atoms with E-state index in [2.05, 4.69) is 0 Å². The van der Waals surface area contributed by atoms with Gasteiger partial charge in [-0.15, -0.1) is 0 Å². The number of ether oxygens (including phenoxy) is 2.